The summed E-state index contributed by atoms with van der Waals surface area (Å²) in [6, 6.07) is 0. The first kappa shape index (κ1) is 11.0. The molecular weight excluding hydrogens is 189 g/mol. The number of halogens is 2. The molecule has 3 nitrogen and oxygen atoms in total. The van der Waals surface area contributed by atoms with Gasteiger partial charge >= 0.3 is 5.97 Å². The minimum Gasteiger partial charge on any atom is -0.479 e. The Bertz CT molecular complexity index is 150. The largest absolute Gasteiger partial charge is 0.479 e. The van der Waals surface area contributed by atoms with Crippen molar-refractivity contribution in [2.75, 3.05) is 0 Å². The van der Waals surface area contributed by atoms with Crippen LogP contribution in [0.25, 0.3) is 0 Å². The Morgan fingerprint density at radius 1 is 1.82 bits per heavy atom. The third-order valence-electron chi connectivity index (χ3n) is 1.33. The zero-order valence-electron chi connectivity index (χ0n) is 6.18. The number of hydrogen-bond acceptors (Lipinski definition) is 2. The fourth-order valence-corrected chi connectivity index (χ4v) is 1.02. The predicted molar refractivity (Wildman–Crippen MR) is 45.0 cm³/mol. The number of aliphatic carboxylic acids is 1. The van der Waals surface area contributed by atoms with Crippen LogP contribution in [0, 0.1) is 0 Å². The number of carbonyl (C=O) groups is 1. The molecule has 2 atom stereocenters. The maximum absolute atomic E-state index is 10.4. The number of carboxylic acid groups (broad SMARTS) is 1. The molecule has 0 saturated carbocycles. The average Bonchev–Trinajstić information content (AvgIpc) is 1.88. The highest BCUT2D eigenvalue weighted by Crippen LogP contribution is 2.22. The van der Waals surface area contributed by atoms with Crippen molar-refractivity contribution >= 4 is 29.2 Å². The lowest BCUT2D eigenvalue weighted by molar-refractivity contribution is -0.140. The smallest absolute Gasteiger partial charge is 0.340 e. The molecule has 0 radical (unpaired) electrons. The van der Waals surface area contributed by atoms with E-state index in [2.05, 4.69) is 0 Å². The molecule has 0 amide bonds. The van der Waals surface area contributed by atoms with Gasteiger partial charge in [-0.25, -0.2) is 4.79 Å². The average molecular weight is 200 g/mol. The lowest BCUT2D eigenvalue weighted by atomic mass is 10.1. The Kier molecular flexibility index (Phi) is 4.14. The van der Waals surface area contributed by atoms with Gasteiger partial charge in [0.1, 0.15) is 0 Å². The maximum Gasteiger partial charge on any atom is 0.340 e. The van der Waals surface area contributed by atoms with Crippen molar-refractivity contribution in [2.24, 2.45) is 5.73 Å². The SMILES string of the molecule is CCCC(Cl)C(N)(Cl)C(=O)O. The molecular formula is C6H11Cl2NO2. The number of rotatable bonds is 4. The first-order valence-corrected chi connectivity index (χ1v) is 4.09. The van der Waals surface area contributed by atoms with E-state index in [9.17, 15) is 4.79 Å². The quantitative estimate of drug-likeness (QED) is 0.532. The highest BCUT2D eigenvalue weighted by atomic mass is 35.5. The molecule has 5 heteroatoms. The molecule has 0 saturated heterocycles. The van der Waals surface area contributed by atoms with E-state index in [4.69, 9.17) is 34.0 Å². The van der Waals surface area contributed by atoms with Crippen molar-refractivity contribution in [1.29, 1.82) is 0 Å². The molecule has 11 heavy (non-hydrogen) atoms. The maximum atomic E-state index is 10.4. The third-order valence-corrected chi connectivity index (χ3v) is 2.42. The summed E-state index contributed by atoms with van der Waals surface area (Å²) in [7, 11) is 0. The van der Waals surface area contributed by atoms with Gasteiger partial charge in [0.2, 0.25) is 5.00 Å². The lowest BCUT2D eigenvalue weighted by Gasteiger charge is -2.21. The second kappa shape index (κ2) is 4.14. The van der Waals surface area contributed by atoms with E-state index in [1.54, 1.807) is 0 Å². The van der Waals surface area contributed by atoms with Crippen molar-refractivity contribution in [3.8, 4) is 0 Å². The third kappa shape index (κ3) is 2.85. The number of nitrogens with two attached hydrogens (primary N) is 1. The second-order valence-corrected chi connectivity index (χ2v) is 3.48. The fourth-order valence-electron chi connectivity index (χ4n) is 0.597. The van der Waals surface area contributed by atoms with E-state index in [-0.39, 0.29) is 0 Å². The molecule has 0 rings (SSSR count). The van der Waals surface area contributed by atoms with Crippen molar-refractivity contribution in [2.45, 2.75) is 30.1 Å². The first-order valence-electron chi connectivity index (χ1n) is 3.28. The summed E-state index contributed by atoms with van der Waals surface area (Å²) in [5, 5.41) is 7.77. The molecule has 66 valence electrons. The van der Waals surface area contributed by atoms with Crippen molar-refractivity contribution in [3.05, 3.63) is 0 Å². The van der Waals surface area contributed by atoms with Crippen LogP contribution in [0.5, 0.6) is 0 Å². The van der Waals surface area contributed by atoms with Crippen LogP contribution in [-0.2, 0) is 4.79 Å². The van der Waals surface area contributed by atoms with E-state index in [0.717, 1.165) is 6.42 Å². The molecule has 2 unspecified atom stereocenters. The molecule has 0 aromatic heterocycles. The van der Waals surface area contributed by atoms with Crippen LogP contribution in [0.15, 0.2) is 0 Å². The highest BCUT2D eigenvalue weighted by Gasteiger charge is 2.38. The van der Waals surface area contributed by atoms with Crippen molar-refractivity contribution in [3.63, 3.8) is 0 Å². The van der Waals surface area contributed by atoms with Crippen LogP contribution in [0.3, 0.4) is 0 Å². The molecule has 0 aromatic rings. The molecule has 0 heterocycles. The summed E-state index contributed by atoms with van der Waals surface area (Å²) < 4.78 is 0. The number of carboxylic acids is 1. The molecule has 0 bridgehead atoms. The van der Waals surface area contributed by atoms with Gasteiger partial charge in [0.15, 0.2) is 0 Å². The van der Waals surface area contributed by atoms with E-state index in [0.29, 0.717) is 6.42 Å². The van der Waals surface area contributed by atoms with Gasteiger partial charge in [-0.1, -0.05) is 24.9 Å². The van der Waals surface area contributed by atoms with Gasteiger partial charge in [-0.3, -0.25) is 0 Å². The van der Waals surface area contributed by atoms with E-state index in [1.807, 2.05) is 6.92 Å². The van der Waals surface area contributed by atoms with Crippen LogP contribution >= 0.6 is 23.2 Å². The molecule has 0 aliphatic heterocycles. The molecule has 0 aromatic carbocycles. The van der Waals surface area contributed by atoms with Gasteiger partial charge in [-0.2, -0.15) is 0 Å². The summed E-state index contributed by atoms with van der Waals surface area (Å²) >= 11 is 11.1. The van der Waals surface area contributed by atoms with Crippen LogP contribution in [0.2, 0.25) is 0 Å². The van der Waals surface area contributed by atoms with Gasteiger partial charge in [0.05, 0.1) is 5.38 Å². The Morgan fingerprint density at radius 3 is 2.55 bits per heavy atom. The van der Waals surface area contributed by atoms with E-state index < -0.39 is 16.3 Å². The Labute approximate surface area is 75.5 Å². The van der Waals surface area contributed by atoms with Crippen LogP contribution in [0.1, 0.15) is 19.8 Å². The second-order valence-electron chi connectivity index (χ2n) is 2.33. The minimum absolute atomic E-state index is 0.494. The summed E-state index contributed by atoms with van der Waals surface area (Å²) in [6.07, 6.45) is 1.25. The van der Waals surface area contributed by atoms with Gasteiger partial charge in [0, 0.05) is 0 Å². The Morgan fingerprint density at radius 2 is 2.27 bits per heavy atom. The standard InChI is InChI=1S/C6H11Cl2NO2/c1-2-3-4(7)6(8,9)5(10)11/h4H,2-3,9H2,1H3,(H,10,11). The summed E-state index contributed by atoms with van der Waals surface area (Å²) in [5.74, 6) is -1.28. The minimum atomic E-state index is -1.84. The van der Waals surface area contributed by atoms with Crippen molar-refractivity contribution in [1.82, 2.24) is 0 Å². The molecule has 0 aliphatic rings. The summed E-state index contributed by atoms with van der Waals surface area (Å²) in [5.41, 5.74) is 5.22. The summed E-state index contributed by atoms with van der Waals surface area (Å²) in [6.45, 7) is 1.88. The topological polar surface area (TPSA) is 63.3 Å². The molecule has 0 spiro atoms. The van der Waals surface area contributed by atoms with E-state index >= 15 is 0 Å². The Balaban J connectivity index is 4.17. The first-order chi connectivity index (χ1) is 4.92. The normalized spacial score (nSPS) is 18.9. The van der Waals surface area contributed by atoms with Gasteiger partial charge < -0.3 is 10.8 Å². The van der Waals surface area contributed by atoms with Crippen LogP contribution < -0.4 is 5.73 Å². The van der Waals surface area contributed by atoms with Gasteiger partial charge in [-0.15, -0.1) is 11.6 Å². The Hall–Kier alpha value is 0.01000. The lowest BCUT2D eigenvalue weighted by Crippen LogP contribution is -2.50. The summed E-state index contributed by atoms with van der Waals surface area (Å²) in [4.78, 5) is 8.56. The zero-order valence-corrected chi connectivity index (χ0v) is 7.69. The van der Waals surface area contributed by atoms with E-state index in [1.165, 1.54) is 0 Å². The predicted octanol–water partition coefficient (Wildman–Crippen LogP) is 1.37. The molecule has 0 aliphatic carbocycles. The van der Waals surface area contributed by atoms with Gasteiger partial charge in [-0.05, 0) is 6.42 Å². The number of alkyl halides is 2. The van der Waals surface area contributed by atoms with Crippen molar-refractivity contribution < 1.29 is 9.90 Å². The zero-order chi connectivity index (χ0) is 9.07. The molecule has 3 N–H and O–H groups in total. The van der Waals surface area contributed by atoms with Gasteiger partial charge in [0.25, 0.3) is 0 Å². The van der Waals surface area contributed by atoms with Crippen LogP contribution in [-0.4, -0.2) is 21.5 Å². The monoisotopic (exact) mass is 199 g/mol. The van der Waals surface area contributed by atoms with Crippen LogP contribution in [0.4, 0.5) is 0 Å². The molecule has 0 fully saturated rings. The number of hydrogen-bond donors (Lipinski definition) is 2. The highest BCUT2D eigenvalue weighted by molar-refractivity contribution is 6.39. The fraction of sp³-hybridized carbons (Fsp3) is 0.833.